The molecule has 12 nitrogen and oxygen atoms in total. The van der Waals surface area contributed by atoms with Gasteiger partial charge in [-0.15, -0.1) is 0 Å². The smallest absolute Gasteiger partial charge is 0.294 e. The lowest BCUT2D eigenvalue weighted by atomic mass is 9.88. The van der Waals surface area contributed by atoms with E-state index in [4.69, 9.17) is 4.74 Å². The molecule has 0 aliphatic carbocycles. The fraction of sp³-hybridized carbons (Fsp3) is 0.238. The van der Waals surface area contributed by atoms with Crippen LogP contribution in [-0.4, -0.2) is 58.2 Å². The van der Waals surface area contributed by atoms with Crippen molar-refractivity contribution in [1.82, 2.24) is 0 Å². The van der Waals surface area contributed by atoms with Crippen molar-refractivity contribution in [2.24, 2.45) is 0 Å². The highest BCUT2D eigenvalue weighted by Gasteiger charge is 2.43. The number of ether oxygens (including phenoxy) is 1. The fourth-order valence-corrected chi connectivity index (χ4v) is 5.96. The topological polar surface area (TPSA) is 205 Å². The summed E-state index contributed by atoms with van der Waals surface area (Å²) >= 11 is 0. The first kappa shape index (κ1) is 27.6. The van der Waals surface area contributed by atoms with Crippen LogP contribution in [-0.2, 0) is 41.5 Å². The van der Waals surface area contributed by atoms with E-state index < -0.39 is 57.1 Å². The number of anilines is 1. The number of benzene rings is 3. The van der Waals surface area contributed by atoms with Gasteiger partial charge in [-0.05, 0) is 54.1 Å². The predicted octanol–water partition coefficient (Wildman–Crippen LogP) is 2.43. The van der Waals surface area contributed by atoms with Crippen molar-refractivity contribution in [2.45, 2.75) is 27.9 Å². The minimum Gasteiger partial charge on any atom is -0.507 e. The van der Waals surface area contributed by atoms with E-state index >= 15 is 0 Å². The Kier molecular flexibility index (Phi) is 7.04. The zero-order valence-electron chi connectivity index (χ0n) is 19.1. The first-order valence-electron chi connectivity index (χ1n) is 10.0. The van der Waals surface area contributed by atoms with Gasteiger partial charge >= 0.3 is 0 Å². The second-order valence-corrected chi connectivity index (χ2v) is 12.8. The highest BCUT2D eigenvalue weighted by atomic mass is 32.2. The lowest BCUT2D eigenvalue weighted by Gasteiger charge is -2.30. The fourth-order valence-electron chi connectivity index (χ4n) is 3.91. The van der Waals surface area contributed by atoms with E-state index in [1.165, 1.54) is 38.4 Å². The molecule has 3 aromatic rings. The maximum Gasteiger partial charge on any atom is 0.294 e. The molecule has 3 rings (SSSR count). The van der Waals surface area contributed by atoms with E-state index in [0.29, 0.717) is 6.07 Å². The van der Waals surface area contributed by atoms with E-state index in [0.717, 1.165) is 19.1 Å². The van der Waals surface area contributed by atoms with Crippen LogP contribution in [0.25, 0.3) is 10.8 Å². The third-order valence-corrected chi connectivity index (χ3v) is 9.08. The molecule has 5 N–H and O–H groups in total. The normalized spacial score (nSPS) is 14.4. The zero-order chi connectivity index (χ0) is 27.3. The van der Waals surface area contributed by atoms with Crippen LogP contribution in [0.2, 0.25) is 0 Å². The molecule has 196 valence electrons. The van der Waals surface area contributed by atoms with Gasteiger partial charge in [0, 0.05) is 30.3 Å². The first-order chi connectivity index (χ1) is 16.4. The van der Waals surface area contributed by atoms with E-state index in [9.17, 15) is 44.0 Å². The number of methoxy groups -OCH3 is 1. The summed E-state index contributed by atoms with van der Waals surface area (Å²) in [5, 5.41) is 13.2. The van der Waals surface area contributed by atoms with Gasteiger partial charge in [0.25, 0.3) is 30.4 Å². The Morgan fingerprint density at radius 3 is 2.06 bits per heavy atom. The molecule has 0 amide bonds. The van der Waals surface area contributed by atoms with Crippen LogP contribution in [0.4, 0.5) is 5.69 Å². The van der Waals surface area contributed by atoms with E-state index in [2.05, 4.69) is 5.32 Å². The summed E-state index contributed by atoms with van der Waals surface area (Å²) in [6.07, 6.45) is -0.702. The maximum absolute atomic E-state index is 12.8. The molecule has 0 aliphatic rings. The number of hydrogen-bond acceptors (Lipinski definition) is 9. The van der Waals surface area contributed by atoms with Gasteiger partial charge in [-0.2, -0.15) is 25.3 Å². The summed E-state index contributed by atoms with van der Waals surface area (Å²) in [6, 6.07) is 7.86. The zero-order valence-corrected chi connectivity index (χ0v) is 21.6. The summed E-state index contributed by atoms with van der Waals surface area (Å²) < 4.78 is 105. The molecular weight excluding hydrogens is 538 g/mol. The standard InChI is InChI=1S/C21H23NO11S3/c1-21(36(30,31)32,11-12-4-5-15(33-3)9-19(12)35(27,28)29)17-8-14(22-2)6-13-7-16(34(24,25)26)10-18(23)20(13)17/h4-10,22-23H,11H2,1-3H3,(H,24,25,26)(H,27,28,29)(H,30,31,32). The molecule has 0 saturated heterocycles. The third kappa shape index (κ3) is 5.11. The summed E-state index contributed by atoms with van der Waals surface area (Å²) in [6.45, 7) is 1.07. The SMILES string of the molecule is CNc1cc(C(C)(Cc2ccc(OC)cc2S(=O)(=O)O)S(=O)(=O)O)c2c(O)cc(S(=O)(=O)O)cc2c1. The monoisotopic (exact) mass is 561 g/mol. The molecule has 1 atom stereocenters. The van der Waals surface area contributed by atoms with Gasteiger partial charge in [0.1, 0.15) is 21.1 Å². The number of rotatable bonds is 8. The second-order valence-electron chi connectivity index (χ2n) is 8.12. The summed E-state index contributed by atoms with van der Waals surface area (Å²) in [5.41, 5.74) is -0.178. The number of hydrogen-bond donors (Lipinski definition) is 5. The van der Waals surface area contributed by atoms with Gasteiger partial charge in [-0.25, -0.2) is 0 Å². The molecule has 0 heterocycles. The molecule has 0 fully saturated rings. The Labute approximate surface area is 207 Å². The van der Waals surface area contributed by atoms with Crippen LogP contribution in [0.15, 0.2) is 52.3 Å². The van der Waals surface area contributed by atoms with Gasteiger partial charge < -0.3 is 15.2 Å². The Bertz CT molecular complexity index is 1680. The van der Waals surface area contributed by atoms with E-state index in [1.807, 2.05) is 0 Å². The number of phenolic OH excluding ortho intramolecular Hbond substituents is 1. The second kappa shape index (κ2) is 9.17. The minimum absolute atomic E-state index is 0.0101. The largest absolute Gasteiger partial charge is 0.507 e. The van der Waals surface area contributed by atoms with Gasteiger partial charge in [-0.3, -0.25) is 13.7 Å². The molecule has 36 heavy (non-hydrogen) atoms. The summed E-state index contributed by atoms with van der Waals surface area (Å²) in [5.74, 6) is -0.671. The van der Waals surface area contributed by atoms with Crippen molar-refractivity contribution in [3.63, 3.8) is 0 Å². The molecule has 0 spiro atoms. The van der Waals surface area contributed by atoms with Crippen molar-refractivity contribution < 1.29 is 48.8 Å². The highest BCUT2D eigenvalue weighted by Crippen LogP contribution is 2.44. The number of fused-ring (bicyclic) bond motifs is 1. The molecule has 1 unspecified atom stereocenters. The van der Waals surface area contributed by atoms with Crippen molar-refractivity contribution in [1.29, 1.82) is 0 Å². The van der Waals surface area contributed by atoms with Gasteiger partial charge in [0.2, 0.25) is 0 Å². The average molecular weight is 562 g/mol. The molecule has 0 saturated carbocycles. The maximum atomic E-state index is 12.8. The molecule has 3 aromatic carbocycles. The number of aromatic hydroxyl groups is 1. The molecule has 0 radical (unpaired) electrons. The quantitative estimate of drug-likeness (QED) is 0.252. The van der Waals surface area contributed by atoms with Crippen LogP contribution in [0, 0.1) is 0 Å². The van der Waals surface area contributed by atoms with E-state index in [1.54, 1.807) is 0 Å². The first-order valence-corrected chi connectivity index (χ1v) is 14.3. The molecule has 15 heteroatoms. The Morgan fingerprint density at radius 1 is 0.917 bits per heavy atom. The number of phenols is 1. The lowest BCUT2D eigenvalue weighted by molar-refractivity contribution is 0.411. The third-order valence-electron chi connectivity index (χ3n) is 5.81. The van der Waals surface area contributed by atoms with Crippen LogP contribution >= 0.6 is 0 Å². The van der Waals surface area contributed by atoms with E-state index in [-0.39, 0.29) is 33.3 Å². The van der Waals surface area contributed by atoms with Crippen molar-refractivity contribution in [3.05, 3.63) is 53.6 Å². The van der Waals surface area contributed by atoms with Crippen molar-refractivity contribution in [2.75, 3.05) is 19.5 Å². The molecule has 0 bridgehead atoms. The predicted molar refractivity (Wildman–Crippen MR) is 130 cm³/mol. The summed E-state index contributed by atoms with van der Waals surface area (Å²) in [4.78, 5) is -1.33. The average Bonchev–Trinajstić information content (AvgIpc) is 2.76. The van der Waals surface area contributed by atoms with Gasteiger partial charge in [0.15, 0.2) is 0 Å². The van der Waals surface area contributed by atoms with Crippen molar-refractivity contribution in [3.8, 4) is 11.5 Å². The van der Waals surface area contributed by atoms with Crippen molar-refractivity contribution >= 4 is 46.8 Å². The van der Waals surface area contributed by atoms with Crippen LogP contribution in [0.1, 0.15) is 18.1 Å². The Morgan fingerprint density at radius 2 is 1.56 bits per heavy atom. The Balaban J connectivity index is 2.43. The van der Waals surface area contributed by atoms with Crippen LogP contribution in [0.5, 0.6) is 11.5 Å². The summed E-state index contributed by atoms with van der Waals surface area (Å²) in [7, 11) is -12.0. The molecule has 0 aromatic heterocycles. The van der Waals surface area contributed by atoms with Crippen LogP contribution < -0.4 is 10.1 Å². The van der Waals surface area contributed by atoms with Gasteiger partial charge in [0.05, 0.1) is 12.0 Å². The molecular formula is C21H23NO11S3. The molecule has 0 aliphatic heterocycles. The number of nitrogens with one attached hydrogen (secondary N) is 1. The lowest BCUT2D eigenvalue weighted by Crippen LogP contribution is -2.35. The Hall–Kier alpha value is -2.95. The van der Waals surface area contributed by atoms with Crippen LogP contribution in [0.3, 0.4) is 0 Å². The highest BCUT2D eigenvalue weighted by molar-refractivity contribution is 7.87. The van der Waals surface area contributed by atoms with Gasteiger partial charge in [-0.1, -0.05) is 6.07 Å². The minimum atomic E-state index is -5.08.